The number of carbonyl (C=O) groups is 1. The number of esters is 1. The molecule has 3 atom stereocenters. The molecule has 2 nitrogen and oxygen atoms in total. The molecule has 0 aliphatic heterocycles. The van der Waals surface area contributed by atoms with E-state index in [0.29, 0.717) is 18.4 Å². The van der Waals surface area contributed by atoms with Crippen molar-refractivity contribution in [1.29, 1.82) is 0 Å². The van der Waals surface area contributed by atoms with Crippen molar-refractivity contribution in [2.24, 2.45) is 17.8 Å². The molecule has 0 unspecified atom stereocenters. The Morgan fingerprint density at radius 3 is 2.72 bits per heavy atom. The highest BCUT2D eigenvalue weighted by Gasteiger charge is 2.53. The number of rotatable bonds is 6. The minimum atomic E-state index is -0.0551. The van der Waals surface area contributed by atoms with Crippen molar-refractivity contribution >= 4 is 5.97 Å². The predicted octanol–water partition coefficient (Wildman–Crippen LogP) is 3.23. The van der Waals surface area contributed by atoms with Gasteiger partial charge in [0.05, 0.1) is 12.5 Å². The number of carbonyl (C=O) groups excluding carboxylic acids is 1. The lowest BCUT2D eigenvalue weighted by molar-refractivity contribution is -0.145. The van der Waals surface area contributed by atoms with E-state index in [2.05, 4.69) is 30.8 Å². The molecule has 1 aliphatic carbocycles. The Balaban J connectivity index is 1.86. The van der Waals surface area contributed by atoms with Crippen molar-refractivity contribution in [2.75, 3.05) is 6.61 Å². The second-order valence-corrected chi connectivity index (χ2v) is 4.78. The smallest absolute Gasteiger partial charge is 0.309 e. The average molecular weight is 244 g/mol. The molecule has 0 spiro atoms. The molecule has 1 saturated carbocycles. The third-order valence-electron chi connectivity index (χ3n) is 3.67. The fourth-order valence-corrected chi connectivity index (χ4v) is 2.64. The zero-order valence-corrected chi connectivity index (χ0v) is 10.8. The van der Waals surface area contributed by atoms with Crippen molar-refractivity contribution in [2.45, 2.75) is 19.8 Å². The third-order valence-corrected chi connectivity index (χ3v) is 3.67. The van der Waals surface area contributed by atoms with E-state index >= 15 is 0 Å². The Labute approximate surface area is 109 Å². The monoisotopic (exact) mass is 244 g/mol. The highest BCUT2D eigenvalue weighted by atomic mass is 16.5. The number of ether oxygens (including phenoxy) is 1. The van der Waals surface area contributed by atoms with E-state index in [1.165, 1.54) is 5.56 Å². The zero-order chi connectivity index (χ0) is 13.0. The van der Waals surface area contributed by atoms with E-state index < -0.39 is 0 Å². The second kappa shape index (κ2) is 5.85. The van der Waals surface area contributed by atoms with E-state index in [0.717, 1.165) is 12.8 Å². The lowest BCUT2D eigenvalue weighted by Gasteiger charge is -2.01. The van der Waals surface area contributed by atoms with Gasteiger partial charge in [0.1, 0.15) is 0 Å². The van der Waals surface area contributed by atoms with Crippen molar-refractivity contribution in [3.63, 3.8) is 0 Å². The maximum absolute atomic E-state index is 11.7. The molecule has 18 heavy (non-hydrogen) atoms. The minimum absolute atomic E-state index is 0.0474. The van der Waals surface area contributed by atoms with Gasteiger partial charge in [0.15, 0.2) is 0 Å². The van der Waals surface area contributed by atoms with E-state index in [1.54, 1.807) is 0 Å². The molecule has 0 saturated heterocycles. The van der Waals surface area contributed by atoms with Crippen LogP contribution < -0.4 is 0 Å². The molecule has 2 rings (SSSR count). The lowest BCUT2D eigenvalue weighted by atomic mass is 10.1. The molecule has 0 bridgehead atoms. The van der Waals surface area contributed by atoms with Crippen molar-refractivity contribution in [3.05, 3.63) is 48.6 Å². The van der Waals surface area contributed by atoms with E-state index in [9.17, 15) is 4.79 Å². The lowest BCUT2D eigenvalue weighted by Crippen LogP contribution is -2.08. The first kappa shape index (κ1) is 12.9. The number of hydrogen-bond donors (Lipinski definition) is 0. The zero-order valence-electron chi connectivity index (χ0n) is 10.8. The summed E-state index contributed by atoms with van der Waals surface area (Å²) in [7, 11) is 0. The molecule has 2 heteroatoms. The fraction of sp³-hybridized carbons (Fsp3) is 0.438. The topological polar surface area (TPSA) is 26.3 Å². The summed E-state index contributed by atoms with van der Waals surface area (Å²) in [5.74, 6) is 0.723. The van der Waals surface area contributed by atoms with Crippen LogP contribution in [-0.2, 0) is 16.0 Å². The Bertz CT molecular complexity index is 410. The van der Waals surface area contributed by atoms with Gasteiger partial charge in [-0.25, -0.2) is 0 Å². The number of benzene rings is 1. The molecule has 0 radical (unpaired) electrons. The summed E-state index contributed by atoms with van der Waals surface area (Å²) >= 11 is 0. The molecule has 0 heterocycles. The Morgan fingerprint density at radius 2 is 2.11 bits per heavy atom. The summed E-state index contributed by atoms with van der Waals surface area (Å²) in [5, 5.41) is 0. The molecule has 96 valence electrons. The summed E-state index contributed by atoms with van der Waals surface area (Å²) in [6.07, 6.45) is 3.95. The molecule has 1 aromatic rings. The predicted molar refractivity (Wildman–Crippen MR) is 72.1 cm³/mol. The normalized spacial score (nSPS) is 25.5. The van der Waals surface area contributed by atoms with E-state index in [1.807, 2.05) is 19.1 Å². The highest BCUT2D eigenvalue weighted by molar-refractivity contribution is 5.77. The van der Waals surface area contributed by atoms with Crippen LogP contribution in [0.1, 0.15) is 18.9 Å². The SMILES string of the molecule is C=C[C@H]1[C@@H](CCc2ccccc2)[C@@H]1C(=O)OCC. The van der Waals surface area contributed by atoms with Crippen LogP contribution in [0.3, 0.4) is 0 Å². The van der Waals surface area contributed by atoms with Gasteiger partial charge in [0.2, 0.25) is 0 Å². The van der Waals surface area contributed by atoms with Gasteiger partial charge < -0.3 is 4.74 Å². The molecule has 0 N–H and O–H groups in total. The van der Waals surface area contributed by atoms with Crippen LogP contribution in [-0.4, -0.2) is 12.6 Å². The first-order valence-electron chi connectivity index (χ1n) is 6.61. The fourth-order valence-electron chi connectivity index (χ4n) is 2.64. The van der Waals surface area contributed by atoms with E-state index in [-0.39, 0.29) is 11.9 Å². The maximum atomic E-state index is 11.7. The molecule has 1 aliphatic rings. The van der Waals surface area contributed by atoms with Gasteiger partial charge >= 0.3 is 5.97 Å². The molecule has 1 fully saturated rings. The van der Waals surface area contributed by atoms with Crippen LogP contribution in [0.4, 0.5) is 0 Å². The van der Waals surface area contributed by atoms with Crippen LogP contribution in [0.15, 0.2) is 43.0 Å². The van der Waals surface area contributed by atoms with Gasteiger partial charge in [-0.1, -0.05) is 36.4 Å². The molecule has 0 amide bonds. The van der Waals surface area contributed by atoms with Crippen molar-refractivity contribution in [3.8, 4) is 0 Å². The summed E-state index contributed by atoms with van der Waals surface area (Å²) in [6, 6.07) is 10.4. The summed E-state index contributed by atoms with van der Waals surface area (Å²) in [4.78, 5) is 11.7. The molecule has 1 aromatic carbocycles. The van der Waals surface area contributed by atoms with Gasteiger partial charge in [0, 0.05) is 0 Å². The average Bonchev–Trinajstić information content (AvgIpc) is 3.11. The first-order chi connectivity index (χ1) is 8.77. The molecular weight excluding hydrogens is 224 g/mol. The molecular formula is C16H20O2. The van der Waals surface area contributed by atoms with Crippen LogP contribution in [0, 0.1) is 17.8 Å². The van der Waals surface area contributed by atoms with Crippen LogP contribution >= 0.6 is 0 Å². The molecule has 0 aromatic heterocycles. The standard InChI is InChI=1S/C16H20O2/c1-3-13-14(15(13)16(17)18-4-2)11-10-12-8-6-5-7-9-12/h3,5-9,13-15H,1,4,10-11H2,2H3/t13-,14+,15+/m0/s1. The maximum Gasteiger partial charge on any atom is 0.309 e. The Hall–Kier alpha value is -1.57. The first-order valence-corrected chi connectivity index (χ1v) is 6.61. The third kappa shape index (κ3) is 2.81. The number of aryl methyl sites for hydroxylation is 1. The van der Waals surface area contributed by atoms with Crippen molar-refractivity contribution < 1.29 is 9.53 Å². The van der Waals surface area contributed by atoms with Crippen LogP contribution in [0.25, 0.3) is 0 Å². The van der Waals surface area contributed by atoms with Crippen LogP contribution in [0.2, 0.25) is 0 Å². The van der Waals surface area contributed by atoms with Crippen LogP contribution in [0.5, 0.6) is 0 Å². The van der Waals surface area contributed by atoms with Gasteiger partial charge in [-0.05, 0) is 37.2 Å². The van der Waals surface area contributed by atoms with Gasteiger partial charge in [-0.15, -0.1) is 6.58 Å². The minimum Gasteiger partial charge on any atom is -0.466 e. The van der Waals surface area contributed by atoms with Crippen molar-refractivity contribution in [1.82, 2.24) is 0 Å². The van der Waals surface area contributed by atoms with Gasteiger partial charge in [-0.3, -0.25) is 4.79 Å². The quantitative estimate of drug-likeness (QED) is 0.567. The second-order valence-electron chi connectivity index (χ2n) is 4.78. The number of hydrogen-bond acceptors (Lipinski definition) is 2. The van der Waals surface area contributed by atoms with Gasteiger partial charge in [-0.2, -0.15) is 0 Å². The number of allylic oxidation sites excluding steroid dienone is 1. The van der Waals surface area contributed by atoms with E-state index in [4.69, 9.17) is 4.74 Å². The largest absolute Gasteiger partial charge is 0.466 e. The summed E-state index contributed by atoms with van der Waals surface area (Å²) in [6.45, 7) is 6.13. The summed E-state index contributed by atoms with van der Waals surface area (Å²) < 4.78 is 5.09. The van der Waals surface area contributed by atoms with Gasteiger partial charge in [0.25, 0.3) is 0 Å². The highest BCUT2D eigenvalue weighted by Crippen LogP contribution is 2.50. The Kier molecular flexibility index (Phi) is 4.19. The Morgan fingerprint density at radius 1 is 1.39 bits per heavy atom. The summed E-state index contributed by atoms with van der Waals surface area (Å²) in [5.41, 5.74) is 1.33.